The van der Waals surface area contributed by atoms with E-state index in [4.69, 9.17) is 5.26 Å². The Labute approximate surface area is 106 Å². The van der Waals surface area contributed by atoms with Crippen molar-refractivity contribution in [3.63, 3.8) is 0 Å². The first kappa shape index (κ1) is 13.0. The standard InChI is InChI=1S/C14H16F2N2/c1-14(10-17)4-6-18(7-5-14)9-11-2-3-12(15)13(16)8-11/h2-3,8H,4-7,9H2,1H3. The highest BCUT2D eigenvalue weighted by atomic mass is 19.2. The Morgan fingerprint density at radius 3 is 2.50 bits per heavy atom. The Balaban J connectivity index is 1.96. The van der Waals surface area contributed by atoms with Gasteiger partial charge in [0.05, 0.1) is 11.5 Å². The molecule has 96 valence electrons. The largest absolute Gasteiger partial charge is 0.299 e. The normalized spacial score (nSPS) is 19.4. The van der Waals surface area contributed by atoms with Gasteiger partial charge in [-0.05, 0) is 50.6 Å². The van der Waals surface area contributed by atoms with Gasteiger partial charge < -0.3 is 0 Å². The van der Waals surface area contributed by atoms with Crippen LogP contribution in [0.3, 0.4) is 0 Å². The number of hydrogen-bond donors (Lipinski definition) is 0. The smallest absolute Gasteiger partial charge is 0.159 e. The first-order chi connectivity index (χ1) is 8.52. The summed E-state index contributed by atoms with van der Waals surface area (Å²) in [6, 6.07) is 6.36. The average Bonchev–Trinajstić information content (AvgIpc) is 2.37. The van der Waals surface area contributed by atoms with Crippen LogP contribution >= 0.6 is 0 Å². The van der Waals surface area contributed by atoms with Crippen molar-refractivity contribution in [3.8, 4) is 6.07 Å². The summed E-state index contributed by atoms with van der Waals surface area (Å²) in [4.78, 5) is 2.17. The fourth-order valence-corrected chi connectivity index (χ4v) is 2.21. The molecule has 0 saturated carbocycles. The van der Waals surface area contributed by atoms with Crippen molar-refractivity contribution in [3.05, 3.63) is 35.4 Å². The van der Waals surface area contributed by atoms with E-state index in [9.17, 15) is 8.78 Å². The topological polar surface area (TPSA) is 27.0 Å². The third kappa shape index (κ3) is 2.85. The van der Waals surface area contributed by atoms with Gasteiger partial charge in [-0.15, -0.1) is 0 Å². The van der Waals surface area contributed by atoms with E-state index < -0.39 is 11.6 Å². The summed E-state index contributed by atoms with van der Waals surface area (Å²) in [6.07, 6.45) is 1.65. The Bertz CT molecular complexity index is 471. The van der Waals surface area contributed by atoms with E-state index in [1.807, 2.05) is 6.92 Å². The fraction of sp³-hybridized carbons (Fsp3) is 0.500. The first-order valence-corrected chi connectivity index (χ1v) is 6.10. The number of nitrogens with zero attached hydrogens (tertiary/aromatic N) is 2. The molecule has 1 aliphatic heterocycles. The van der Waals surface area contributed by atoms with Crippen molar-refractivity contribution in [1.82, 2.24) is 4.90 Å². The molecule has 18 heavy (non-hydrogen) atoms. The third-order valence-corrected chi connectivity index (χ3v) is 3.62. The zero-order valence-corrected chi connectivity index (χ0v) is 10.4. The van der Waals surface area contributed by atoms with E-state index in [2.05, 4.69) is 11.0 Å². The highest BCUT2D eigenvalue weighted by molar-refractivity contribution is 5.17. The maximum Gasteiger partial charge on any atom is 0.159 e. The van der Waals surface area contributed by atoms with Gasteiger partial charge in [-0.1, -0.05) is 6.07 Å². The van der Waals surface area contributed by atoms with Crippen LogP contribution in [-0.4, -0.2) is 18.0 Å². The molecular weight excluding hydrogens is 234 g/mol. The van der Waals surface area contributed by atoms with Crippen LogP contribution in [0.1, 0.15) is 25.3 Å². The second kappa shape index (κ2) is 5.03. The van der Waals surface area contributed by atoms with Gasteiger partial charge in [0.1, 0.15) is 0 Å². The molecule has 1 saturated heterocycles. The SMILES string of the molecule is CC1(C#N)CCN(Cc2ccc(F)c(F)c2)CC1. The number of hydrogen-bond acceptors (Lipinski definition) is 2. The molecule has 2 nitrogen and oxygen atoms in total. The zero-order chi connectivity index (χ0) is 13.2. The van der Waals surface area contributed by atoms with Gasteiger partial charge in [-0.3, -0.25) is 4.90 Å². The quantitative estimate of drug-likeness (QED) is 0.806. The van der Waals surface area contributed by atoms with Crippen LogP contribution in [0.2, 0.25) is 0 Å². The van der Waals surface area contributed by atoms with E-state index in [0.717, 1.165) is 37.6 Å². The summed E-state index contributed by atoms with van der Waals surface area (Å²) in [5.74, 6) is -1.61. The van der Waals surface area contributed by atoms with Gasteiger partial charge in [0.25, 0.3) is 0 Å². The van der Waals surface area contributed by atoms with E-state index in [0.29, 0.717) is 6.54 Å². The second-order valence-corrected chi connectivity index (χ2v) is 5.20. The van der Waals surface area contributed by atoms with Gasteiger partial charge in [0.15, 0.2) is 11.6 Å². The molecule has 1 aliphatic rings. The molecule has 1 aromatic rings. The molecule has 0 atom stereocenters. The van der Waals surface area contributed by atoms with E-state index in [-0.39, 0.29) is 5.41 Å². The number of nitriles is 1. The number of likely N-dealkylation sites (tertiary alicyclic amines) is 1. The van der Waals surface area contributed by atoms with Gasteiger partial charge in [0, 0.05) is 6.54 Å². The lowest BCUT2D eigenvalue weighted by atomic mass is 9.82. The Kier molecular flexibility index (Phi) is 3.63. The Morgan fingerprint density at radius 2 is 1.94 bits per heavy atom. The molecule has 0 bridgehead atoms. The maximum atomic E-state index is 13.1. The van der Waals surface area contributed by atoms with Crippen molar-refractivity contribution < 1.29 is 8.78 Å². The molecular formula is C14H16F2N2. The molecule has 0 N–H and O–H groups in total. The number of benzene rings is 1. The van der Waals surface area contributed by atoms with Crippen LogP contribution in [0.15, 0.2) is 18.2 Å². The van der Waals surface area contributed by atoms with E-state index in [1.54, 1.807) is 6.07 Å². The molecule has 4 heteroatoms. The lowest BCUT2D eigenvalue weighted by Gasteiger charge is -2.34. The zero-order valence-electron chi connectivity index (χ0n) is 10.4. The van der Waals surface area contributed by atoms with Gasteiger partial charge >= 0.3 is 0 Å². The minimum atomic E-state index is -0.811. The number of piperidine rings is 1. The van der Waals surface area contributed by atoms with Crippen LogP contribution in [0, 0.1) is 28.4 Å². The predicted octanol–water partition coefficient (Wildman–Crippen LogP) is 3.09. The van der Waals surface area contributed by atoms with Gasteiger partial charge in [0.2, 0.25) is 0 Å². The summed E-state index contributed by atoms with van der Waals surface area (Å²) in [6.45, 7) is 4.23. The van der Waals surface area contributed by atoms with Crippen LogP contribution in [-0.2, 0) is 6.54 Å². The Hall–Kier alpha value is -1.47. The molecule has 0 aliphatic carbocycles. The van der Waals surface area contributed by atoms with Crippen molar-refractivity contribution in [2.75, 3.05) is 13.1 Å². The number of halogens is 2. The third-order valence-electron chi connectivity index (χ3n) is 3.62. The van der Waals surface area contributed by atoms with Gasteiger partial charge in [-0.25, -0.2) is 8.78 Å². The number of rotatable bonds is 2. The summed E-state index contributed by atoms with van der Waals surface area (Å²) in [5, 5.41) is 9.03. The summed E-state index contributed by atoms with van der Waals surface area (Å²) >= 11 is 0. The summed E-state index contributed by atoms with van der Waals surface area (Å²) in [7, 11) is 0. The lowest BCUT2D eigenvalue weighted by molar-refractivity contribution is 0.150. The van der Waals surface area contributed by atoms with Crippen molar-refractivity contribution >= 4 is 0 Å². The second-order valence-electron chi connectivity index (χ2n) is 5.20. The molecule has 1 aromatic carbocycles. The summed E-state index contributed by atoms with van der Waals surface area (Å²) < 4.78 is 25.9. The van der Waals surface area contributed by atoms with E-state index in [1.165, 1.54) is 6.07 Å². The molecule has 0 unspecified atom stereocenters. The van der Waals surface area contributed by atoms with Crippen LogP contribution < -0.4 is 0 Å². The molecule has 0 aromatic heterocycles. The average molecular weight is 250 g/mol. The fourth-order valence-electron chi connectivity index (χ4n) is 2.21. The minimum absolute atomic E-state index is 0.232. The monoisotopic (exact) mass is 250 g/mol. The highest BCUT2D eigenvalue weighted by Crippen LogP contribution is 2.30. The van der Waals surface area contributed by atoms with Crippen LogP contribution in [0.4, 0.5) is 8.78 Å². The maximum absolute atomic E-state index is 13.1. The molecule has 1 heterocycles. The van der Waals surface area contributed by atoms with Gasteiger partial charge in [-0.2, -0.15) is 5.26 Å². The van der Waals surface area contributed by atoms with Crippen molar-refractivity contribution in [1.29, 1.82) is 5.26 Å². The molecule has 0 amide bonds. The summed E-state index contributed by atoms with van der Waals surface area (Å²) in [5.41, 5.74) is 0.541. The minimum Gasteiger partial charge on any atom is -0.299 e. The predicted molar refractivity (Wildman–Crippen MR) is 64.6 cm³/mol. The highest BCUT2D eigenvalue weighted by Gasteiger charge is 2.29. The van der Waals surface area contributed by atoms with Crippen molar-refractivity contribution in [2.45, 2.75) is 26.3 Å². The van der Waals surface area contributed by atoms with Crippen LogP contribution in [0.25, 0.3) is 0 Å². The van der Waals surface area contributed by atoms with Crippen LogP contribution in [0.5, 0.6) is 0 Å². The molecule has 0 spiro atoms. The first-order valence-electron chi connectivity index (χ1n) is 6.10. The molecule has 1 fully saturated rings. The lowest BCUT2D eigenvalue weighted by Crippen LogP contribution is -2.37. The van der Waals surface area contributed by atoms with E-state index >= 15 is 0 Å². The molecule has 2 rings (SSSR count). The van der Waals surface area contributed by atoms with Crippen molar-refractivity contribution in [2.24, 2.45) is 5.41 Å². The Morgan fingerprint density at radius 1 is 1.28 bits per heavy atom. The molecule has 0 radical (unpaired) electrons.